The molecule has 2 N–H and O–H groups in total. The molecule has 3 aromatic rings. The summed E-state index contributed by atoms with van der Waals surface area (Å²) in [4.78, 5) is 12.6. The Labute approximate surface area is 134 Å². The van der Waals surface area contributed by atoms with Crippen molar-refractivity contribution < 1.29 is 5.11 Å². The molecule has 0 aliphatic heterocycles. The summed E-state index contributed by atoms with van der Waals surface area (Å²) in [5.41, 5.74) is 2.41. The highest BCUT2D eigenvalue weighted by Crippen LogP contribution is 2.17. The first-order chi connectivity index (χ1) is 11.4. The summed E-state index contributed by atoms with van der Waals surface area (Å²) in [6.45, 7) is 0.653. The van der Waals surface area contributed by atoms with Crippen LogP contribution in [0, 0.1) is 11.8 Å². The van der Waals surface area contributed by atoms with Crippen molar-refractivity contribution in [2.24, 2.45) is 0 Å². The molecule has 0 spiro atoms. The Morgan fingerprint density at radius 2 is 1.96 bits per heavy atom. The van der Waals surface area contributed by atoms with Crippen LogP contribution < -0.4 is 5.32 Å². The van der Waals surface area contributed by atoms with Gasteiger partial charge >= 0.3 is 0 Å². The van der Waals surface area contributed by atoms with Gasteiger partial charge < -0.3 is 10.4 Å². The van der Waals surface area contributed by atoms with E-state index in [9.17, 15) is 0 Å². The van der Waals surface area contributed by atoms with Gasteiger partial charge in [-0.25, -0.2) is 9.97 Å². The maximum atomic E-state index is 8.94. The number of nitrogens with one attached hydrogen (secondary N) is 1. The molecule has 0 aliphatic carbocycles. The summed E-state index contributed by atoms with van der Waals surface area (Å²) >= 11 is 0. The van der Waals surface area contributed by atoms with Gasteiger partial charge in [-0.3, -0.25) is 4.98 Å². The first-order valence-electron chi connectivity index (χ1n) is 7.35. The molecule has 114 valence electrons. The largest absolute Gasteiger partial charge is 0.390 e. The van der Waals surface area contributed by atoms with Gasteiger partial charge in [0.05, 0.1) is 17.8 Å². The first-order valence-corrected chi connectivity index (χ1v) is 7.35. The minimum absolute atomic E-state index is 0.0511. The van der Waals surface area contributed by atoms with Gasteiger partial charge in [0.2, 0.25) is 0 Å². The first kappa shape index (κ1) is 14.9. The number of benzene rings is 1. The van der Waals surface area contributed by atoms with Gasteiger partial charge in [0, 0.05) is 30.1 Å². The molecule has 0 saturated heterocycles. The van der Waals surface area contributed by atoms with E-state index in [4.69, 9.17) is 5.11 Å². The van der Waals surface area contributed by atoms with Crippen molar-refractivity contribution in [3.05, 3.63) is 60.2 Å². The number of aromatic nitrogens is 3. The number of fused-ring (bicyclic) bond motifs is 1. The zero-order valence-electron chi connectivity index (χ0n) is 12.5. The predicted octanol–water partition coefficient (Wildman–Crippen LogP) is 2.37. The average molecular weight is 304 g/mol. The number of anilines is 1. The zero-order chi connectivity index (χ0) is 15.9. The lowest BCUT2D eigenvalue weighted by atomic mass is 10.2. The van der Waals surface area contributed by atoms with Crippen LogP contribution in [-0.2, 0) is 6.61 Å². The molecule has 0 fully saturated rings. The van der Waals surface area contributed by atoms with Crippen LogP contribution in [0.3, 0.4) is 0 Å². The molecule has 0 amide bonds. The molecule has 0 unspecified atom stereocenters. The van der Waals surface area contributed by atoms with Gasteiger partial charge in [0.25, 0.3) is 0 Å². The van der Waals surface area contributed by atoms with E-state index in [1.54, 1.807) is 18.6 Å². The van der Waals surface area contributed by atoms with Crippen molar-refractivity contribution in [1.29, 1.82) is 0 Å². The van der Waals surface area contributed by atoms with Gasteiger partial charge in [0.15, 0.2) is 0 Å². The Morgan fingerprint density at radius 1 is 1.04 bits per heavy atom. The minimum Gasteiger partial charge on any atom is -0.390 e. The number of hydrogen-bond acceptors (Lipinski definition) is 5. The van der Waals surface area contributed by atoms with E-state index in [-0.39, 0.29) is 6.61 Å². The third-order valence-electron chi connectivity index (χ3n) is 3.30. The molecule has 1 aromatic carbocycles. The Hall–Kier alpha value is -2.97. The van der Waals surface area contributed by atoms with Crippen molar-refractivity contribution in [3.63, 3.8) is 0 Å². The molecule has 2 aromatic heterocycles. The lowest BCUT2D eigenvalue weighted by molar-refractivity contribution is 0.277. The Kier molecular flexibility index (Phi) is 4.77. The van der Waals surface area contributed by atoms with Crippen molar-refractivity contribution in [2.75, 3.05) is 11.9 Å². The van der Waals surface area contributed by atoms with Gasteiger partial charge in [-0.15, -0.1) is 0 Å². The quantitative estimate of drug-likeness (QED) is 0.572. The van der Waals surface area contributed by atoms with E-state index in [2.05, 4.69) is 32.1 Å². The lowest BCUT2D eigenvalue weighted by Gasteiger charge is -2.05. The number of hydrogen-bond donors (Lipinski definition) is 2. The molecule has 5 nitrogen and oxygen atoms in total. The third-order valence-corrected chi connectivity index (χ3v) is 3.30. The average Bonchev–Trinajstić information content (AvgIpc) is 2.62. The highest BCUT2D eigenvalue weighted by Gasteiger charge is 2.00. The lowest BCUT2D eigenvalue weighted by Crippen LogP contribution is -2.03. The Morgan fingerprint density at radius 3 is 2.78 bits per heavy atom. The second-order valence-electron chi connectivity index (χ2n) is 4.91. The molecule has 23 heavy (non-hydrogen) atoms. The van der Waals surface area contributed by atoms with Crippen molar-refractivity contribution in [1.82, 2.24) is 15.0 Å². The number of para-hydroxylation sites is 1. The van der Waals surface area contributed by atoms with Crippen LogP contribution in [0.5, 0.6) is 0 Å². The fourth-order valence-corrected chi connectivity index (χ4v) is 2.15. The fraction of sp³-hybridized carbons (Fsp3) is 0.167. The number of rotatable bonds is 4. The smallest absolute Gasteiger partial charge is 0.137 e. The highest BCUT2D eigenvalue weighted by molar-refractivity contribution is 5.88. The topological polar surface area (TPSA) is 70.9 Å². The molecular formula is C18H16N4O. The molecule has 0 aliphatic rings. The molecule has 0 atom stereocenters. The normalized spacial score (nSPS) is 10.1. The number of aliphatic hydroxyl groups is 1. The SMILES string of the molecule is OCc1ccc(C#CCCNc2ncnc3ccccc23)cn1. The monoisotopic (exact) mass is 304 g/mol. The molecule has 3 rings (SSSR count). The molecule has 2 heterocycles. The summed E-state index contributed by atoms with van der Waals surface area (Å²) in [5.74, 6) is 6.98. The maximum Gasteiger partial charge on any atom is 0.137 e. The van der Waals surface area contributed by atoms with Crippen molar-refractivity contribution in [2.45, 2.75) is 13.0 Å². The summed E-state index contributed by atoms with van der Waals surface area (Å²) in [6.07, 6.45) is 3.93. The molecule has 5 heteroatoms. The second-order valence-corrected chi connectivity index (χ2v) is 4.91. The van der Waals surface area contributed by atoms with E-state index >= 15 is 0 Å². The molecule has 0 radical (unpaired) electrons. The van der Waals surface area contributed by atoms with Crippen LogP contribution in [0.25, 0.3) is 10.9 Å². The molecule has 0 bridgehead atoms. The van der Waals surface area contributed by atoms with Crippen LogP contribution in [0.15, 0.2) is 48.9 Å². The number of pyridine rings is 1. The van der Waals surface area contributed by atoms with Crippen LogP contribution in [0.2, 0.25) is 0 Å². The van der Waals surface area contributed by atoms with Crippen LogP contribution in [-0.4, -0.2) is 26.6 Å². The fourth-order valence-electron chi connectivity index (χ4n) is 2.15. The van der Waals surface area contributed by atoms with Gasteiger partial charge in [-0.1, -0.05) is 24.0 Å². The van der Waals surface area contributed by atoms with Gasteiger partial charge in [0.1, 0.15) is 12.1 Å². The van der Waals surface area contributed by atoms with E-state index in [0.717, 1.165) is 22.3 Å². The van der Waals surface area contributed by atoms with Crippen molar-refractivity contribution in [3.8, 4) is 11.8 Å². The number of aliphatic hydroxyl groups excluding tert-OH is 1. The summed E-state index contributed by atoms with van der Waals surface area (Å²) in [6, 6.07) is 11.5. The van der Waals surface area contributed by atoms with Crippen LogP contribution in [0.4, 0.5) is 5.82 Å². The van der Waals surface area contributed by atoms with E-state index in [1.807, 2.05) is 30.3 Å². The Balaban J connectivity index is 1.58. The van der Waals surface area contributed by atoms with Crippen molar-refractivity contribution >= 4 is 16.7 Å². The van der Waals surface area contributed by atoms with E-state index < -0.39 is 0 Å². The van der Waals surface area contributed by atoms with Crippen LogP contribution >= 0.6 is 0 Å². The summed E-state index contributed by atoms with van der Waals surface area (Å²) in [5, 5.41) is 13.2. The second kappa shape index (κ2) is 7.34. The minimum atomic E-state index is -0.0511. The molecule has 0 saturated carbocycles. The summed E-state index contributed by atoms with van der Waals surface area (Å²) in [7, 11) is 0. The third kappa shape index (κ3) is 3.82. The standard InChI is InChI=1S/C18H16N4O/c23-12-15-9-8-14(11-20-15)5-3-4-10-19-18-16-6-1-2-7-17(16)21-13-22-18/h1-2,6-9,11,13,23H,4,10,12H2,(H,19,21,22). The van der Waals surface area contributed by atoms with Gasteiger partial charge in [-0.05, 0) is 24.3 Å². The maximum absolute atomic E-state index is 8.94. The zero-order valence-corrected chi connectivity index (χ0v) is 12.5. The Bertz CT molecular complexity index is 845. The molecular weight excluding hydrogens is 288 g/mol. The predicted molar refractivity (Wildman–Crippen MR) is 89.7 cm³/mol. The summed E-state index contributed by atoms with van der Waals surface area (Å²) < 4.78 is 0. The van der Waals surface area contributed by atoms with Gasteiger partial charge in [-0.2, -0.15) is 0 Å². The number of nitrogens with zero attached hydrogens (tertiary/aromatic N) is 3. The van der Waals surface area contributed by atoms with E-state index in [1.165, 1.54) is 0 Å². The highest BCUT2D eigenvalue weighted by atomic mass is 16.3. The van der Waals surface area contributed by atoms with Crippen LogP contribution in [0.1, 0.15) is 17.7 Å². The van der Waals surface area contributed by atoms with E-state index in [0.29, 0.717) is 18.7 Å².